The van der Waals surface area contributed by atoms with Crippen molar-refractivity contribution in [1.82, 2.24) is 0 Å². The number of aliphatic imine (C=N–C) groups is 1. The van der Waals surface area contributed by atoms with E-state index in [1.807, 2.05) is 24.3 Å². The molecule has 0 amide bonds. The molecule has 0 aliphatic heterocycles. The average molecular weight is 291 g/mol. The third-order valence-electron chi connectivity index (χ3n) is 2.60. The molecule has 0 saturated carbocycles. The maximum atomic E-state index is 10.8. The largest absolute Gasteiger partial charge is 0.497 e. The van der Waals surface area contributed by atoms with E-state index in [4.69, 9.17) is 16.3 Å². The summed E-state index contributed by atoms with van der Waals surface area (Å²) in [6.45, 7) is 0. The molecule has 0 aromatic heterocycles. The third-order valence-corrected chi connectivity index (χ3v) is 2.92. The van der Waals surface area contributed by atoms with Gasteiger partial charge in [0, 0.05) is 12.3 Å². The summed E-state index contributed by atoms with van der Waals surface area (Å²) in [5, 5.41) is 10.9. The summed E-state index contributed by atoms with van der Waals surface area (Å²) >= 11 is 5.73. The topological polar surface area (TPSA) is 64.7 Å². The van der Waals surface area contributed by atoms with Crippen LogP contribution < -0.4 is 4.74 Å². The zero-order valence-electron chi connectivity index (χ0n) is 10.6. The zero-order chi connectivity index (χ0) is 14.5. The standard InChI is InChI=1S/C14H11ClN2O3/c1-20-12-5-2-10(3-6-12)9-16-11-4-7-13(15)14(8-11)17(18)19/h2-9H,1H3. The second-order valence-electron chi connectivity index (χ2n) is 3.92. The Morgan fingerprint density at radius 2 is 1.95 bits per heavy atom. The molecule has 0 aliphatic rings. The summed E-state index contributed by atoms with van der Waals surface area (Å²) in [5.74, 6) is 0.754. The van der Waals surface area contributed by atoms with Crippen LogP contribution in [0.1, 0.15) is 5.56 Å². The van der Waals surface area contributed by atoms with Crippen LogP contribution in [0, 0.1) is 10.1 Å². The van der Waals surface area contributed by atoms with Gasteiger partial charge in [0.25, 0.3) is 5.69 Å². The van der Waals surface area contributed by atoms with Crippen LogP contribution in [0.4, 0.5) is 11.4 Å². The number of methoxy groups -OCH3 is 1. The highest BCUT2D eigenvalue weighted by Crippen LogP contribution is 2.28. The number of nitro groups is 1. The van der Waals surface area contributed by atoms with Crippen LogP contribution >= 0.6 is 11.6 Å². The molecule has 5 nitrogen and oxygen atoms in total. The van der Waals surface area contributed by atoms with E-state index in [1.165, 1.54) is 12.1 Å². The molecule has 0 radical (unpaired) electrons. The predicted octanol–water partition coefficient (Wildman–Crippen LogP) is 4.01. The first-order valence-electron chi connectivity index (χ1n) is 5.72. The van der Waals surface area contributed by atoms with Gasteiger partial charge >= 0.3 is 0 Å². The molecule has 2 rings (SSSR count). The normalized spacial score (nSPS) is 10.7. The van der Waals surface area contributed by atoms with Gasteiger partial charge in [-0.1, -0.05) is 11.6 Å². The van der Waals surface area contributed by atoms with Crippen LogP contribution in [0.5, 0.6) is 5.75 Å². The van der Waals surface area contributed by atoms with Crippen LogP contribution in [0.25, 0.3) is 0 Å². The smallest absolute Gasteiger partial charge is 0.290 e. The van der Waals surface area contributed by atoms with Crippen molar-refractivity contribution >= 4 is 29.2 Å². The van der Waals surface area contributed by atoms with E-state index in [2.05, 4.69) is 4.99 Å². The maximum Gasteiger partial charge on any atom is 0.290 e. The van der Waals surface area contributed by atoms with Gasteiger partial charge < -0.3 is 4.74 Å². The van der Waals surface area contributed by atoms with Gasteiger partial charge in [-0.05, 0) is 42.0 Å². The Morgan fingerprint density at radius 3 is 2.55 bits per heavy atom. The zero-order valence-corrected chi connectivity index (χ0v) is 11.4. The van der Waals surface area contributed by atoms with Gasteiger partial charge in [-0.3, -0.25) is 15.1 Å². The Morgan fingerprint density at radius 1 is 1.25 bits per heavy atom. The Kier molecular flexibility index (Phi) is 4.32. The lowest BCUT2D eigenvalue weighted by atomic mass is 10.2. The summed E-state index contributed by atoms with van der Waals surface area (Å²) in [5.41, 5.74) is 1.18. The lowest BCUT2D eigenvalue weighted by Crippen LogP contribution is -1.88. The lowest BCUT2D eigenvalue weighted by Gasteiger charge is -1.99. The van der Waals surface area contributed by atoms with Crippen molar-refractivity contribution in [2.45, 2.75) is 0 Å². The van der Waals surface area contributed by atoms with E-state index in [9.17, 15) is 10.1 Å². The van der Waals surface area contributed by atoms with Crippen LogP contribution in [0.3, 0.4) is 0 Å². The van der Waals surface area contributed by atoms with Crippen molar-refractivity contribution in [2.75, 3.05) is 7.11 Å². The summed E-state index contributed by atoms with van der Waals surface area (Å²) in [4.78, 5) is 14.4. The number of ether oxygens (including phenoxy) is 1. The fraction of sp³-hybridized carbons (Fsp3) is 0.0714. The van der Waals surface area contributed by atoms with Gasteiger partial charge in [0.15, 0.2) is 0 Å². The van der Waals surface area contributed by atoms with Gasteiger partial charge in [0.1, 0.15) is 10.8 Å². The highest BCUT2D eigenvalue weighted by molar-refractivity contribution is 6.32. The molecule has 0 unspecified atom stereocenters. The molecule has 0 aliphatic carbocycles. The van der Waals surface area contributed by atoms with Gasteiger partial charge in [-0.25, -0.2) is 0 Å². The summed E-state index contributed by atoms with van der Waals surface area (Å²) in [6.07, 6.45) is 1.62. The van der Waals surface area contributed by atoms with Crippen molar-refractivity contribution in [1.29, 1.82) is 0 Å². The van der Waals surface area contributed by atoms with E-state index < -0.39 is 4.92 Å². The van der Waals surface area contributed by atoms with E-state index >= 15 is 0 Å². The first kappa shape index (κ1) is 14.0. The Balaban J connectivity index is 2.22. The van der Waals surface area contributed by atoms with Crippen LogP contribution in [0.2, 0.25) is 5.02 Å². The molecule has 20 heavy (non-hydrogen) atoms. The highest BCUT2D eigenvalue weighted by atomic mass is 35.5. The fourth-order valence-corrected chi connectivity index (χ4v) is 1.75. The fourth-order valence-electron chi connectivity index (χ4n) is 1.56. The second-order valence-corrected chi connectivity index (χ2v) is 4.33. The number of benzene rings is 2. The summed E-state index contributed by atoms with van der Waals surface area (Å²) in [6, 6.07) is 11.7. The first-order chi connectivity index (χ1) is 9.60. The maximum absolute atomic E-state index is 10.8. The minimum atomic E-state index is -0.533. The molecule has 2 aromatic rings. The predicted molar refractivity (Wildman–Crippen MR) is 78.4 cm³/mol. The van der Waals surface area contributed by atoms with Crippen molar-refractivity contribution in [3.05, 3.63) is 63.2 Å². The number of rotatable bonds is 4. The molecule has 6 heteroatoms. The minimum absolute atomic E-state index is 0.0957. The summed E-state index contributed by atoms with van der Waals surface area (Å²) in [7, 11) is 1.59. The SMILES string of the molecule is COc1ccc(C=Nc2ccc(Cl)c([N+](=O)[O-])c2)cc1. The van der Waals surface area contributed by atoms with Gasteiger partial charge in [0.05, 0.1) is 17.7 Å². The molecule has 0 fully saturated rings. The van der Waals surface area contributed by atoms with E-state index in [0.717, 1.165) is 11.3 Å². The Bertz CT molecular complexity index is 654. The average Bonchev–Trinajstić information content (AvgIpc) is 2.46. The molecular formula is C14H11ClN2O3. The molecule has 0 bridgehead atoms. The van der Waals surface area contributed by atoms with Gasteiger partial charge in [-0.2, -0.15) is 0 Å². The molecule has 0 N–H and O–H groups in total. The van der Waals surface area contributed by atoms with Crippen molar-refractivity contribution in [2.24, 2.45) is 4.99 Å². The summed E-state index contributed by atoms with van der Waals surface area (Å²) < 4.78 is 5.05. The van der Waals surface area contributed by atoms with Crippen LogP contribution in [-0.2, 0) is 0 Å². The monoisotopic (exact) mass is 290 g/mol. The van der Waals surface area contributed by atoms with Crippen LogP contribution in [0.15, 0.2) is 47.5 Å². The highest BCUT2D eigenvalue weighted by Gasteiger charge is 2.11. The molecular weight excluding hydrogens is 280 g/mol. The van der Waals surface area contributed by atoms with Crippen LogP contribution in [-0.4, -0.2) is 18.2 Å². The lowest BCUT2D eigenvalue weighted by molar-refractivity contribution is -0.384. The Hall–Kier alpha value is -2.40. The van der Waals surface area contributed by atoms with E-state index in [0.29, 0.717) is 5.69 Å². The van der Waals surface area contributed by atoms with Crippen molar-refractivity contribution in [3.63, 3.8) is 0 Å². The molecule has 0 atom stereocenters. The first-order valence-corrected chi connectivity index (χ1v) is 6.10. The minimum Gasteiger partial charge on any atom is -0.497 e. The molecule has 0 saturated heterocycles. The van der Waals surface area contributed by atoms with Gasteiger partial charge in [-0.15, -0.1) is 0 Å². The number of hydrogen-bond donors (Lipinski definition) is 0. The molecule has 0 spiro atoms. The Labute approximate surface area is 120 Å². The van der Waals surface area contributed by atoms with E-state index in [1.54, 1.807) is 19.4 Å². The molecule has 0 heterocycles. The quantitative estimate of drug-likeness (QED) is 0.485. The third kappa shape index (κ3) is 3.33. The van der Waals surface area contributed by atoms with Crippen molar-refractivity contribution in [3.8, 4) is 5.75 Å². The van der Waals surface area contributed by atoms with Crippen molar-refractivity contribution < 1.29 is 9.66 Å². The second kappa shape index (κ2) is 6.16. The molecule has 102 valence electrons. The van der Waals surface area contributed by atoms with Gasteiger partial charge in [0.2, 0.25) is 0 Å². The number of halogens is 1. The number of hydrogen-bond acceptors (Lipinski definition) is 4. The molecule has 2 aromatic carbocycles. The van der Waals surface area contributed by atoms with E-state index in [-0.39, 0.29) is 10.7 Å². The number of nitro benzene ring substituents is 1. The number of nitrogens with zero attached hydrogens (tertiary/aromatic N) is 2.